The summed E-state index contributed by atoms with van der Waals surface area (Å²) in [5.41, 5.74) is 0. The van der Waals surface area contributed by atoms with Gasteiger partial charge in [-0.3, -0.25) is 4.79 Å². The lowest BCUT2D eigenvalue weighted by Crippen LogP contribution is -2.43. The van der Waals surface area contributed by atoms with Gasteiger partial charge in [0.25, 0.3) is 0 Å². The molecule has 0 saturated carbocycles. The summed E-state index contributed by atoms with van der Waals surface area (Å²) in [6, 6.07) is 0. The molecule has 1 saturated heterocycles. The molecule has 0 spiro atoms. The molecule has 0 atom stereocenters. The highest BCUT2D eigenvalue weighted by molar-refractivity contribution is 7.89. The molecule has 0 aliphatic carbocycles. The fourth-order valence-corrected chi connectivity index (χ4v) is 2.27. The minimum absolute atomic E-state index is 0.246. The van der Waals surface area contributed by atoms with Gasteiger partial charge < -0.3 is 9.84 Å². The van der Waals surface area contributed by atoms with Crippen LogP contribution in [0.5, 0.6) is 0 Å². The Labute approximate surface area is 76.1 Å². The van der Waals surface area contributed by atoms with Crippen molar-refractivity contribution in [1.29, 1.82) is 0 Å². The van der Waals surface area contributed by atoms with Crippen LogP contribution in [-0.2, 0) is 19.6 Å². The van der Waals surface area contributed by atoms with Crippen LogP contribution in [0.2, 0.25) is 0 Å². The molecule has 13 heavy (non-hydrogen) atoms. The number of morpholine rings is 1. The van der Waals surface area contributed by atoms with E-state index >= 15 is 0 Å². The van der Waals surface area contributed by atoms with Gasteiger partial charge in [0.2, 0.25) is 10.0 Å². The molecule has 0 aromatic rings. The highest BCUT2D eigenvalue weighted by Gasteiger charge is 2.26. The maximum absolute atomic E-state index is 11.3. The number of sulfonamides is 1. The molecule has 1 N–H and O–H groups in total. The number of ether oxygens (including phenoxy) is 1. The summed E-state index contributed by atoms with van der Waals surface area (Å²) in [5.74, 6) is -2.17. The molecule has 0 amide bonds. The Morgan fingerprint density at radius 2 is 1.92 bits per heavy atom. The normalized spacial score (nSPS) is 20.0. The molecule has 1 rings (SSSR count). The van der Waals surface area contributed by atoms with Gasteiger partial charge in [0.1, 0.15) is 0 Å². The first-order valence-electron chi connectivity index (χ1n) is 3.80. The monoisotopic (exact) mass is 209 g/mol. The molecule has 0 aromatic carbocycles. The topological polar surface area (TPSA) is 83.9 Å². The Hall–Kier alpha value is -0.660. The Morgan fingerprint density at radius 1 is 1.38 bits per heavy atom. The average molecular weight is 209 g/mol. The van der Waals surface area contributed by atoms with Gasteiger partial charge in [-0.2, -0.15) is 4.31 Å². The Kier molecular flexibility index (Phi) is 3.23. The smallest absolute Gasteiger partial charge is 0.320 e. The van der Waals surface area contributed by atoms with Gasteiger partial charge in [-0.05, 0) is 0 Å². The van der Waals surface area contributed by atoms with E-state index in [0.29, 0.717) is 13.2 Å². The number of hydrogen-bond donors (Lipinski definition) is 1. The lowest BCUT2D eigenvalue weighted by molar-refractivity contribution is -0.134. The van der Waals surface area contributed by atoms with E-state index in [9.17, 15) is 13.2 Å². The number of carboxylic acids is 1. The molecular formula is C6H11NO5S. The van der Waals surface area contributed by atoms with Crippen molar-refractivity contribution in [2.24, 2.45) is 0 Å². The molecule has 0 unspecified atom stereocenters. The zero-order chi connectivity index (χ0) is 9.90. The van der Waals surface area contributed by atoms with Gasteiger partial charge in [0, 0.05) is 13.1 Å². The first kappa shape index (κ1) is 10.4. The van der Waals surface area contributed by atoms with Crippen LogP contribution >= 0.6 is 0 Å². The fraction of sp³-hybridized carbons (Fsp3) is 0.833. The number of carbonyl (C=O) groups is 1. The Balaban J connectivity index is 2.62. The first-order valence-corrected chi connectivity index (χ1v) is 5.40. The molecule has 0 bridgehead atoms. The van der Waals surface area contributed by atoms with E-state index in [-0.39, 0.29) is 13.1 Å². The van der Waals surface area contributed by atoms with Crippen LogP contribution in [0.4, 0.5) is 0 Å². The van der Waals surface area contributed by atoms with E-state index in [0.717, 1.165) is 4.31 Å². The molecule has 1 aliphatic rings. The quantitative estimate of drug-likeness (QED) is 0.626. The van der Waals surface area contributed by atoms with Gasteiger partial charge in [-0.1, -0.05) is 0 Å². The van der Waals surface area contributed by atoms with Crippen molar-refractivity contribution in [2.45, 2.75) is 0 Å². The largest absolute Gasteiger partial charge is 0.480 e. The van der Waals surface area contributed by atoms with Gasteiger partial charge in [0.15, 0.2) is 5.75 Å². The third-order valence-corrected chi connectivity index (χ3v) is 3.43. The van der Waals surface area contributed by atoms with Crippen molar-refractivity contribution >= 4 is 16.0 Å². The van der Waals surface area contributed by atoms with Crippen molar-refractivity contribution < 1.29 is 23.1 Å². The van der Waals surface area contributed by atoms with Crippen molar-refractivity contribution in [3.63, 3.8) is 0 Å². The zero-order valence-electron chi connectivity index (χ0n) is 6.97. The molecular weight excluding hydrogens is 198 g/mol. The van der Waals surface area contributed by atoms with Crippen molar-refractivity contribution in [3.05, 3.63) is 0 Å². The van der Waals surface area contributed by atoms with E-state index in [1.54, 1.807) is 0 Å². The molecule has 1 heterocycles. The van der Waals surface area contributed by atoms with E-state index in [4.69, 9.17) is 9.84 Å². The first-order chi connectivity index (χ1) is 6.02. The van der Waals surface area contributed by atoms with Crippen LogP contribution in [0, 0.1) is 0 Å². The van der Waals surface area contributed by atoms with Crippen LogP contribution in [0.25, 0.3) is 0 Å². The van der Waals surface area contributed by atoms with Crippen LogP contribution in [-0.4, -0.2) is 55.9 Å². The lowest BCUT2D eigenvalue weighted by atomic mass is 10.5. The molecule has 0 aromatic heterocycles. The third kappa shape index (κ3) is 2.94. The molecule has 1 aliphatic heterocycles. The predicted octanol–water partition coefficient (Wildman–Crippen LogP) is -1.27. The van der Waals surface area contributed by atoms with E-state index in [2.05, 4.69) is 0 Å². The highest BCUT2D eigenvalue weighted by atomic mass is 32.2. The van der Waals surface area contributed by atoms with Gasteiger partial charge in [-0.15, -0.1) is 0 Å². The second-order valence-corrected chi connectivity index (χ2v) is 4.63. The number of nitrogens with zero attached hydrogens (tertiary/aromatic N) is 1. The van der Waals surface area contributed by atoms with Crippen molar-refractivity contribution in [2.75, 3.05) is 32.1 Å². The molecule has 6 nitrogen and oxygen atoms in total. The van der Waals surface area contributed by atoms with Crippen LogP contribution in [0.3, 0.4) is 0 Å². The second-order valence-electron chi connectivity index (χ2n) is 2.66. The average Bonchev–Trinajstić information content (AvgIpc) is 2.04. The van der Waals surface area contributed by atoms with Crippen LogP contribution < -0.4 is 0 Å². The Bertz CT molecular complexity index is 279. The summed E-state index contributed by atoms with van der Waals surface area (Å²) in [6.45, 7) is 1.16. The van der Waals surface area contributed by atoms with Gasteiger partial charge in [0.05, 0.1) is 13.2 Å². The van der Waals surface area contributed by atoms with E-state index in [1.807, 2.05) is 0 Å². The van der Waals surface area contributed by atoms with Crippen molar-refractivity contribution in [1.82, 2.24) is 4.31 Å². The zero-order valence-corrected chi connectivity index (χ0v) is 7.79. The summed E-state index contributed by atoms with van der Waals surface area (Å²) < 4.78 is 28.7. The Morgan fingerprint density at radius 3 is 2.38 bits per heavy atom. The molecule has 76 valence electrons. The third-order valence-electron chi connectivity index (χ3n) is 1.67. The summed E-state index contributed by atoms with van der Waals surface area (Å²) in [6.07, 6.45) is 0. The number of carboxylic acid groups (broad SMARTS) is 1. The van der Waals surface area contributed by atoms with E-state index in [1.165, 1.54) is 0 Å². The lowest BCUT2D eigenvalue weighted by Gasteiger charge is -2.25. The van der Waals surface area contributed by atoms with Crippen LogP contribution in [0.1, 0.15) is 0 Å². The van der Waals surface area contributed by atoms with Crippen LogP contribution in [0.15, 0.2) is 0 Å². The summed E-state index contributed by atoms with van der Waals surface area (Å²) in [4.78, 5) is 10.2. The predicted molar refractivity (Wildman–Crippen MR) is 43.8 cm³/mol. The SMILES string of the molecule is O=C(O)CS(=O)(=O)N1CCOCC1. The summed E-state index contributed by atoms with van der Waals surface area (Å²) in [7, 11) is -3.63. The maximum atomic E-state index is 11.3. The molecule has 7 heteroatoms. The summed E-state index contributed by atoms with van der Waals surface area (Å²) in [5, 5.41) is 8.34. The van der Waals surface area contributed by atoms with Gasteiger partial charge in [-0.25, -0.2) is 8.42 Å². The second kappa shape index (κ2) is 4.03. The van der Waals surface area contributed by atoms with Crippen molar-refractivity contribution in [3.8, 4) is 0 Å². The molecule has 0 radical (unpaired) electrons. The fourth-order valence-electron chi connectivity index (χ4n) is 1.07. The molecule has 1 fully saturated rings. The minimum atomic E-state index is -3.63. The van der Waals surface area contributed by atoms with Gasteiger partial charge >= 0.3 is 5.97 Å². The highest BCUT2D eigenvalue weighted by Crippen LogP contribution is 2.04. The maximum Gasteiger partial charge on any atom is 0.320 e. The number of rotatable bonds is 3. The summed E-state index contributed by atoms with van der Waals surface area (Å²) >= 11 is 0. The van der Waals surface area contributed by atoms with E-state index < -0.39 is 21.7 Å². The standard InChI is InChI=1S/C6H11NO5S/c8-6(9)5-13(10,11)7-1-3-12-4-2-7/h1-5H2,(H,8,9). The minimum Gasteiger partial charge on any atom is -0.480 e. The number of hydrogen-bond acceptors (Lipinski definition) is 4. The number of aliphatic carboxylic acids is 1.